The molecule has 0 fully saturated rings. The molecule has 0 radical (unpaired) electrons. The molecule has 1 heterocycles. The molecule has 0 spiro atoms. The number of anilines is 2. The second kappa shape index (κ2) is 5.32. The zero-order valence-corrected chi connectivity index (χ0v) is 11.5. The van der Waals surface area contributed by atoms with Gasteiger partial charge in [-0.3, -0.25) is 9.48 Å². The third kappa shape index (κ3) is 2.56. The lowest BCUT2D eigenvalue weighted by molar-refractivity contribution is 0.101. The van der Waals surface area contributed by atoms with Crippen molar-refractivity contribution in [1.82, 2.24) is 9.78 Å². The van der Waals surface area contributed by atoms with Gasteiger partial charge >= 0.3 is 0 Å². The number of aromatic nitrogens is 2. The van der Waals surface area contributed by atoms with Crippen LogP contribution < -0.4 is 11.1 Å². The molecule has 2 aromatic rings. The molecule has 0 atom stereocenters. The van der Waals surface area contributed by atoms with Crippen molar-refractivity contribution in [2.24, 2.45) is 7.05 Å². The Morgan fingerprint density at radius 3 is 2.74 bits per heavy atom. The Labute approximate surface area is 116 Å². The molecule has 0 aliphatic rings. The number of benzene rings is 1. The molecule has 0 saturated carbocycles. The SMILES string of the molecule is CCc1nn(C)c(C(=O)Nc2ccccc2Cl)c1N. The standard InChI is InChI=1S/C13H15ClN4O/c1-3-9-11(15)12(18(2)17-9)13(19)16-10-7-5-4-6-8(10)14/h4-7H,3,15H2,1-2H3,(H,16,19). The van der Waals surface area contributed by atoms with Crippen LogP contribution in [0.4, 0.5) is 11.4 Å². The summed E-state index contributed by atoms with van der Waals surface area (Å²) in [5, 5.41) is 7.42. The number of aryl methyl sites for hydroxylation is 2. The fourth-order valence-electron chi connectivity index (χ4n) is 1.87. The van der Waals surface area contributed by atoms with E-state index in [2.05, 4.69) is 10.4 Å². The third-order valence-corrected chi connectivity index (χ3v) is 3.16. The summed E-state index contributed by atoms with van der Waals surface area (Å²) >= 11 is 6.00. The van der Waals surface area contributed by atoms with Crippen molar-refractivity contribution in [2.45, 2.75) is 13.3 Å². The van der Waals surface area contributed by atoms with E-state index in [4.69, 9.17) is 17.3 Å². The number of rotatable bonds is 3. The summed E-state index contributed by atoms with van der Waals surface area (Å²) in [4.78, 5) is 12.2. The number of nitrogens with zero attached hydrogens (tertiary/aromatic N) is 2. The number of amides is 1. The number of carbonyl (C=O) groups is 1. The number of nitrogen functional groups attached to an aromatic ring is 1. The van der Waals surface area contributed by atoms with Gasteiger partial charge in [0.1, 0.15) is 5.69 Å². The van der Waals surface area contributed by atoms with Crippen molar-refractivity contribution in [2.75, 3.05) is 11.1 Å². The Morgan fingerprint density at radius 1 is 1.47 bits per heavy atom. The average molecular weight is 279 g/mol. The van der Waals surface area contributed by atoms with Gasteiger partial charge in [0.2, 0.25) is 0 Å². The van der Waals surface area contributed by atoms with E-state index in [9.17, 15) is 4.79 Å². The molecule has 0 bridgehead atoms. The fourth-order valence-corrected chi connectivity index (χ4v) is 2.05. The highest BCUT2D eigenvalue weighted by atomic mass is 35.5. The van der Waals surface area contributed by atoms with Gasteiger partial charge in [-0.1, -0.05) is 30.7 Å². The van der Waals surface area contributed by atoms with Crippen molar-refractivity contribution in [3.05, 3.63) is 40.7 Å². The van der Waals surface area contributed by atoms with Crippen LogP contribution in [0.25, 0.3) is 0 Å². The molecule has 0 saturated heterocycles. The summed E-state index contributed by atoms with van der Waals surface area (Å²) < 4.78 is 1.49. The second-order valence-electron chi connectivity index (χ2n) is 4.12. The number of nitrogens with one attached hydrogen (secondary N) is 1. The zero-order valence-electron chi connectivity index (χ0n) is 10.8. The highest BCUT2D eigenvalue weighted by molar-refractivity contribution is 6.33. The van der Waals surface area contributed by atoms with Gasteiger partial charge in [0.05, 0.1) is 22.1 Å². The van der Waals surface area contributed by atoms with Crippen LogP contribution in [0.2, 0.25) is 5.02 Å². The largest absolute Gasteiger partial charge is 0.395 e. The van der Waals surface area contributed by atoms with E-state index in [1.54, 1.807) is 31.3 Å². The lowest BCUT2D eigenvalue weighted by Crippen LogP contribution is -2.17. The van der Waals surface area contributed by atoms with Crippen LogP contribution in [0.5, 0.6) is 0 Å². The fraction of sp³-hybridized carbons (Fsp3) is 0.231. The molecule has 19 heavy (non-hydrogen) atoms. The molecule has 6 heteroatoms. The number of nitrogens with two attached hydrogens (primary N) is 1. The van der Waals surface area contributed by atoms with E-state index in [0.717, 1.165) is 0 Å². The maximum absolute atomic E-state index is 12.2. The maximum atomic E-state index is 12.2. The quantitative estimate of drug-likeness (QED) is 0.906. The predicted molar refractivity (Wildman–Crippen MR) is 76.4 cm³/mol. The van der Waals surface area contributed by atoms with E-state index < -0.39 is 0 Å². The Bertz CT molecular complexity index is 621. The molecule has 3 N–H and O–H groups in total. The van der Waals surface area contributed by atoms with Crippen LogP contribution in [-0.2, 0) is 13.5 Å². The molecule has 2 rings (SSSR count). The Hall–Kier alpha value is -2.01. The minimum absolute atomic E-state index is 0.319. The summed E-state index contributed by atoms with van der Waals surface area (Å²) in [5.74, 6) is -0.319. The number of hydrogen-bond acceptors (Lipinski definition) is 3. The summed E-state index contributed by atoms with van der Waals surface area (Å²) in [7, 11) is 1.69. The first kappa shape index (κ1) is 13.4. The van der Waals surface area contributed by atoms with E-state index in [-0.39, 0.29) is 5.91 Å². The van der Waals surface area contributed by atoms with Crippen molar-refractivity contribution in [3.63, 3.8) is 0 Å². The van der Waals surface area contributed by atoms with Crippen LogP contribution in [0, 0.1) is 0 Å². The summed E-state index contributed by atoms with van der Waals surface area (Å²) in [6.07, 6.45) is 0.680. The van der Waals surface area contributed by atoms with Crippen LogP contribution in [0.3, 0.4) is 0 Å². The van der Waals surface area contributed by atoms with Crippen LogP contribution in [0.1, 0.15) is 23.1 Å². The monoisotopic (exact) mass is 278 g/mol. The molecule has 0 aliphatic carbocycles. The van der Waals surface area contributed by atoms with Gasteiger partial charge in [0, 0.05) is 7.05 Å². The van der Waals surface area contributed by atoms with Gasteiger partial charge in [-0.05, 0) is 18.6 Å². The number of halogens is 1. The summed E-state index contributed by atoms with van der Waals surface area (Å²) in [5.41, 5.74) is 7.95. The van der Waals surface area contributed by atoms with Gasteiger partial charge in [-0.25, -0.2) is 0 Å². The number of para-hydroxylation sites is 1. The average Bonchev–Trinajstić information content (AvgIpc) is 2.67. The molecule has 0 unspecified atom stereocenters. The highest BCUT2D eigenvalue weighted by Crippen LogP contribution is 2.23. The molecule has 0 aliphatic heterocycles. The molecular weight excluding hydrogens is 264 g/mol. The van der Waals surface area contributed by atoms with Crippen molar-refractivity contribution in [3.8, 4) is 0 Å². The maximum Gasteiger partial charge on any atom is 0.276 e. The molecule has 1 aromatic carbocycles. The van der Waals surface area contributed by atoms with Crippen LogP contribution in [-0.4, -0.2) is 15.7 Å². The van der Waals surface area contributed by atoms with Crippen LogP contribution >= 0.6 is 11.6 Å². The van der Waals surface area contributed by atoms with E-state index in [1.165, 1.54) is 4.68 Å². The molecular formula is C13H15ClN4O. The smallest absolute Gasteiger partial charge is 0.276 e. The lowest BCUT2D eigenvalue weighted by atomic mass is 10.2. The first-order chi connectivity index (χ1) is 9.04. The highest BCUT2D eigenvalue weighted by Gasteiger charge is 2.19. The predicted octanol–water partition coefficient (Wildman–Crippen LogP) is 2.47. The Kier molecular flexibility index (Phi) is 3.76. The normalized spacial score (nSPS) is 10.5. The number of carbonyl (C=O) groups excluding carboxylic acids is 1. The summed E-state index contributed by atoms with van der Waals surface area (Å²) in [6, 6.07) is 7.03. The summed E-state index contributed by atoms with van der Waals surface area (Å²) in [6.45, 7) is 1.94. The Morgan fingerprint density at radius 2 is 2.16 bits per heavy atom. The van der Waals surface area contributed by atoms with Crippen molar-refractivity contribution in [1.29, 1.82) is 0 Å². The zero-order chi connectivity index (χ0) is 14.0. The van der Waals surface area contributed by atoms with E-state index in [1.807, 2.05) is 6.92 Å². The van der Waals surface area contributed by atoms with Crippen molar-refractivity contribution < 1.29 is 4.79 Å². The molecule has 100 valence electrons. The van der Waals surface area contributed by atoms with Gasteiger partial charge in [0.25, 0.3) is 5.91 Å². The van der Waals surface area contributed by atoms with Gasteiger partial charge in [-0.2, -0.15) is 5.10 Å². The Balaban J connectivity index is 2.31. The van der Waals surface area contributed by atoms with Crippen molar-refractivity contribution >= 4 is 28.9 Å². The minimum atomic E-state index is -0.319. The van der Waals surface area contributed by atoms with E-state index in [0.29, 0.717) is 34.2 Å². The van der Waals surface area contributed by atoms with Gasteiger partial charge in [-0.15, -0.1) is 0 Å². The minimum Gasteiger partial charge on any atom is -0.395 e. The first-order valence-corrected chi connectivity index (χ1v) is 6.29. The lowest BCUT2D eigenvalue weighted by Gasteiger charge is -2.07. The topological polar surface area (TPSA) is 72.9 Å². The first-order valence-electron chi connectivity index (χ1n) is 5.91. The molecule has 1 amide bonds. The van der Waals surface area contributed by atoms with Gasteiger partial charge in [0.15, 0.2) is 0 Å². The second-order valence-corrected chi connectivity index (χ2v) is 4.53. The number of hydrogen-bond donors (Lipinski definition) is 2. The third-order valence-electron chi connectivity index (χ3n) is 2.83. The molecule has 1 aromatic heterocycles. The molecule has 5 nitrogen and oxygen atoms in total. The van der Waals surface area contributed by atoms with Crippen LogP contribution in [0.15, 0.2) is 24.3 Å². The van der Waals surface area contributed by atoms with E-state index >= 15 is 0 Å². The van der Waals surface area contributed by atoms with Gasteiger partial charge < -0.3 is 11.1 Å².